The first-order chi connectivity index (χ1) is 8.13. The first kappa shape index (κ1) is 13.9. The molecule has 1 fully saturated rings. The molecule has 0 bridgehead atoms. The Hall–Kier alpha value is -1.14. The summed E-state index contributed by atoms with van der Waals surface area (Å²) in [4.78, 5) is 26.0. The molecule has 0 saturated carbocycles. The Morgan fingerprint density at radius 2 is 1.76 bits per heavy atom. The highest BCUT2D eigenvalue weighted by atomic mass is 16.4. The van der Waals surface area contributed by atoms with E-state index in [0.29, 0.717) is 32.6 Å². The number of carboxylic acid groups (broad SMARTS) is 1. The highest BCUT2D eigenvalue weighted by molar-refractivity contribution is 5.76. The van der Waals surface area contributed by atoms with Gasteiger partial charge in [-0.3, -0.25) is 14.5 Å². The van der Waals surface area contributed by atoms with Crippen LogP contribution in [0.5, 0.6) is 0 Å². The third-order valence-corrected chi connectivity index (χ3v) is 2.96. The molecule has 1 aliphatic rings. The number of nitrogens with two attached hydrogens (primary N) is 1. The van der Waals surface area contributed by atoms with Crippen molar-refractivity contribution in [1.82, 2.24) is 9.80 Å². The van der Waals surface area contributed by atoms with Crippen molar-refractivity contribution >= 4 is 11.9 Å². The molecular formula is C11H21N3O3. The molecule has 0 aromatic carbocycles. The number of aliphatic carboxylic acids is 1. The van der Waals surface area contributed by atoms with Crippen LogP contribution in [0.15, 0.2) is 0 Å². The lowest BCUT2D eigenvalue weighted by Gasteiger charge is -2.34. The summed E-state index contributed by atoms with van der Waals surface area (Å²) in [6.45, 7) is 4.04. The van der Waals surface area contributed by atoms with Crippen molar-refractivity contribution in [2.24, 2.45) is 5.73 Å². The molecule has 0 aliphatic carbocycles. The van der Waals surface area contributed by atoms with Gasteiger partial charge in [-0.05, 0) is 13.0 Å². The predicted octanol–water partition coefficient (Wildman–Crippen LogP) is -0.656. The molecule has 1 heterocycles. The van der Waals surface area contributed by atoms with E-state index in [1.54, 1.807) is 0 Å². The third kappa shape index (κ3) is 5.14. The molecular weight excluding hydrogens is 222 g/mol. The van der Waals surface area contributed by atoms with Crippen LogP contribution in [0.1, 0.15) is 19.3 Å². The van der Waals surface area contributed by atoms with E-state index in [1.165, 1.54) is 0 Å². The van der Waals surface area contributed by atoms with Gasteiger partial charge < -0.3 is 15.7 Å². The summed E-state index contributed by atoms with van der Waals surface area (Å²) >= 11 is 0. The van der Waals surface area contributed by atoms with Crippen LogP contribution in [-0.4, -0.2) is 66.1 Å². The predicted molar refractivity (Wildman–Crippen MR) is 63.6 cm³/mol. The van der Waals surface area contributed by atoms with Gasteiger partial charge in [-0.2, -0.15) is 0 Å². The number of carbonyl (C=O) groups is 2. The highest BCUT2D eigenvalue weighted by Crippen LogP contribution is 2.05. The van der Waals surface area contributed by atoms with Gasteiger partial charge in [0, 0.05) is 39.1 Å². The van der Waals surface area contributed by atoms with E-state index in [4.69, 9.17) is 10.8 Å². The zero-order valence-electron chi connectivity index (χ0n) is 10.1. The van der Waals surface area contributed by atoms with E-state index in [1.807, 2.05) is 4.90 Å². The Morgan fingerprint density at radius 3 is 2.29 bits per heavy atom. The Labute approximate surface area is 101 Å². The summed E-state index contributed by atoms with van der Waals surface area (Å²) in [6.07, 6.45) is 1.42. The number of amides is 1. The maximum atomic E-state index is 11.7. The molecule has 17 heavy (non-hydrogen) atoms. The molecule has 0 unspecified atom stereocenters. The smallest absolute Gasteiger partial charge is 0.304 e. The van der Waals surface area contributed by atoms with Gasteiger partial charge in [-0.15, -0.1) is 0 Å². The number of piperazine rings is 1. The van der Waals surface area contributed by atoms with E-state index in [-0.39, 0.29) is 12.3 Å². The molecule has 1 saturated heterocycles. The van der Waals surface area contributed by atoms with Crippen LogP contribution in [0.25, 0.3) is 0 Å². The van der Waals surface area contributed by atoms with Gasteiger partial charge in [0.2, 0.25) is 5.91 Å². The largest absolute Gasteiger partial charge is 0.481 e. The van der Waals surface area contributed by atoms with Crippen molar-refractivity contribution < 1.29 is 14.7 Å². The third-order valence-electron chi connectivity index (χ3n) is 2.96. The average Bonchev–Trinajstić information content (AvgIpc) is 2.34. The molecule has 1 rings (SSSR count). The molecule has 3 N–H and O–H groups in total. The fourth-order valence-corrected chi connectivity index (χ4v) is 1.89. The standard InChI is InChI=1S/C11H21N3O3/c12-4-1-2-10(15)14-8-6-13(7-9-14)5-3-11(16)17/h1-9,12H2,(H,16,17). The monoisotopic (exact) mass is 243 g/mol. The molecule has 0 aromatic heterocycles. The molecule has 0 radical (unpaired) electrons. The van der Waals surface area contributed by atoms with Crippen molar-refractivity contribution in [2.75, 3.05) is 39.3 Å². The van der Waals surface area contributed by atoms with E-state index in [2.05, 4.69) is 4.90 Å². The first-order valence-corrected chi connectivity index (χ1v) is 6.05. The zero-order chi connectivity index (χ0) is 12.7. The minimum absolute atomic E-state index is 0.160. The Morgan fingerprint density at radius 1 is 1.12 bits per heavy atom. The highest BCUT2D eigenvalue weighted by Gasteiger charge is 2.20. The summed E-state index contributed by atoms with van der Waals surface area (Å²) in [5, 5.41) is 8.58. The number of hydrogen-bond donors (Lipinski definition) is 2. The van der Waals surface area contributed by atoms with Gasteiger partial charge in [-0.25, -0.2) is 0 Å². The lowest BCUT2D eigenvalue weighted by atomic mass is 10.2. The second-order valence-electron chi connectivity index (χ2n) is 4.26. The fourth-order valence-electron chi connectivity index (χ4n) is 1.89. The fraction of sp³-hybridized carbons (Fsp3) is 0.818. The number of nitrogens with zero attached hydrogens (tertiary/aromatic N) is 2. The lowest BCUT2D eigenvalue weighted by Crippen LogP contribution is -2.49. The number of hydrogen-bond acceptors (Lipinski definition) is 4. The van der Waals surface area contributed by atoms with Crippen LogP contribution >= 0.6 is 0 Å². The summed E-state index contributed by atoms with van der Waals surface area (Å²) < 4.78 is 0. The maximum absolute atomic E-state index is 11.7. The SMILES string of the molecule is NCCCC(=O)N1CCN(CCC(=O)O)CC1. The Bertz CT molecular complexity index is 263. The van der Waals surface area contributed by atoms with Crippen LogP contribution < -0.4 is 5.73 Å². The summed E-state index contributed by atoms with van der Waals surface area (Å²) in [5.41, 5.74) is 5.36. The topological polar surface area (TPSA) is 86.9 Å². The normalized spacial score (nSPS) is 17.1. The van der Waals surface area contributed by atoms with Gasteiger partial charge in [0.25, 0.3) is 0 Å². The lowest BCUT2D eigenvalue weighted by molar-refractivity contribution is -0.138. The minimum Gasteiger partial charge on any atom is -0.481 e. The van der Waals surface area contributed by atoms with Crippen LogP contribution in [-0.2, 0) is 9.59 Å². The van der Waals surface area contributed by atoms with E-state index in [0.717, 1.165) is 19.5 Å². The van der Waals surface area contributed by atoms with Crippen molar-refractivity contribution in [3.05, 3.63) is 0 Å². The quantitative estimate of drug-likeness (QED) is 0.647. The first-order valence-electron chi connectivity index (χ1n) is 6.05. The second kappa shape index (κ2) is 7.24. The van der Waals surface area contributed by atoms with E-state index in [9.17, 15) is 9.59 Å². The summed E-state index contributed by atoms with van der Waals surface area (Å²) in [6, 6.07) is 0. The summed E-state index contributed by atoms with van der Waals surface area (Å²) in [7, 11) is 0. The van der Waals surface area contributed by atoms with Crippen molar-refractivity contribution in [2.45, 2.75) is 19.3 Å². The van der Waals surface area contributed by atoms with Crippen LogP contribution in [0.4, 0.5) is 0 Å². The molecule has 1 amide bonds. The molecule has 0 atom stereocenters. The maximum Gasteiger partial charge on any atom is 0.304 e. The molecule has 0 aromatic rings. The van der Waals surface area contributed by atoms with Gasteiger partial charge in [-0.1, -0.05) is 0 Å². The van der Waals surface area contributed by atoms with E-state index >= 15 is 0 Å². The van der Waals surface area contributed by atoms with Crippen molar-refractivity contribution in [3.63, 3.8) is 0 Å². The molecule has 1 aliphatic heterocycles. The van der Waals surface area contributed by atoms with Gasteiger partial charge in [0.05, 0.1) is 6.42 Å². The molecule has 0 spiro atoms. The number of carbonyl (C=O) groups excluding carboxylic acids is 1. The van der Waals surface area contributed by atoms with Crippen LogP contribution in [0.3, 0.4) is 0 Å². The molecule has 6 nitrogen and oxygen atoms in total. The van der Waals surface area contributed by atoms with Crippen LogP contribution in [0, 0.1) is 0 Å². The minimum atomic E-state index is -0.772. The summed E-state index contributed by atoms with van der Waals surface area (Å²) in [5.74, 6) is -0.611. The number of rotatable bonds is 6. The Kier molecular flexibility index (Phi) is 5.93. The zero-order valence-corrected chi connectivity index (χ0v) is 10.1. The van der Waals surface area contributed by atoms with Gasteiger partial charge >= 0.3 is 5.97 Å². The van der Waals surface area contributed by atoms with Crippen molar-refractivity contribution in [3.8, 4) is 0 Å². The number of carboxylic acids is 1. The average molecular weight is 243 g/mol. The van der Waals surface area contributed by atoms with Crippen LogP contribution in [0.2, 0.25) is 0 Å². The van der Waals surface area contributed by atoms with E-state index < -0.39 is 5.97 Å². The Balaban J connectivity index is 2.20. The van der Waals surface area contributed by atoms with Crippen molar-refractivity contribution in [1.29, 1.82) is 0 Å². The molecule has 6 heteroatoms. The second-order valence-corrected chi connectivity index (χ2v) is 4.26. The molecule has 98 valence electrons. The van der Waals surface area contributed by atoms with Gasteiger partial charge in [0.1, 0.15) is 0 Å². The van der Waals surface area contributed by atoms with Gasteiger partial charge in [0.15, 0.2) is 0 Å².